The average molecular weight is 277 g/mol. The molecule has 1 aromatic carbocycles. The molecule has 0 radical (unpaired) electrons. The summed E-state index contributed by atoms with van der Waals surface area (Å²) in [5.74, 6) is 0.0324. The molecule has 0 bridgehead atoms. The number of halogens is 3. The van der Waals surface area contributed by atoms with E-state index in [1.165, 1.54) is 0 Å². The van der Waals surface area contributed by atoms with Gasteiger partial charge in [-0.05, 0) is 35.7 Å². The van der Waals surface area contributed by atoms with Crippen LogP contribution in [-0.4, -0.2) is 17.8 Å². The maximum Gasteiger partial charge on any atom is 0.441 e. The number of anilines is 1. The first-order chi connectivity index (χ1) is 8.48. The molecule has 1 aromatic rings. The third kappa shape index (κ3) is 4.80. The fourth-order valence-corrected chi connectivity index (χ4v) is 2.25. The molecule has 5 heteroatoms. The van der Waals surface area contributed by atoms with Gasteiger partial charge >= 0.3 is 5.51 Å². The van der Waals surface area contributed by atoms with Crippen LogP contribution >= 0.6 is 11.8 Å². The first kappa shape index (κ1) is 15.2. The minimum absolute atomic E-state index is 0.0172. The summed E-state index contributed by atoms with van der Waals surface area (Å²) in [6, 6.07) is 6.02. The number of para-hydroxylation sites is 1. The molecule has 0 aliphatic rings. The number of alkyl halides is 3. The Morgan fingerprint density at radius 1 is 1.11 bits per heavy atom. The highest BCUT2D eigenvalue weighted by atomic mass is 32.2. The van der Waals surface area contributed by atoms with E-state index < -0.39 is 5.51 Å². The molecule has 0 spiro atoms. The Bertz CT molecular complexity index is 355. The highest BCUT2D eigenvalue weighted by molar-refractivity contribution is 8.00. The van der Waals surface area contributed by atoms with Crippen molar-refractivity contribution in [3.05, 3.63) is 29.3 Å². The zero-order chi connectivity index (χ0) is 13.6. The van der Waals surface area contributed by atoms with Gasteiger partial charge in [0.2, 0.25) is 0 Å². The summed E-state index contributed by atoms with van der Waals surface area (Å²) in [4.78, 5) is 0. The molecule has 0 saturated carbocycles. The minimum Gasteiger partial charge on any atom is -0.384 e. The van der Waals surface area contributed by atoms with Crippen molar-refractivity contribution in [2.75, 3.05) is 17.6 Å². The third-order valence-electron chi connectivity index (χ3n) is 2.67. The highest BCUT2D eigenvalue weighted by Gasteiger charge is 2.27. The summed E-state index contributed by atoms with van der Waals surface area (Å²) in [7, 11) is 0. The monoisotopic (exact) mass is 277 g/mol. The maximum absolute atomic E-state index is 12.0. The average Bonchev–Trinajstić information content (AvgIpc) is 2.33. The van der Waals surface area contributed by atoms with Crippen LogP contribution in [0.15, 0.2) is 18.2 Å². The highest BCUT2D eigenvalue weighted by Crippen LogP contribution is 2.30. The smallest absolute Gasteiger partial charge is 0.384 e. The van der Waals surface area contributed by atoms with Crippen LogP contribution in [0.2, 0.25) is 0 Å². The topological polar surface area (TPSA) is 12.0 Å². The number of hydrogen-bond acceptors (Lipinski definition) is 2. The van der Waals surface area contributed by atoms with Gasteiger partial charge in [-0.1, -0.05) is 32.0 Å². The molecule has 0 fully saturated rings. The lowest BCUT2D eigenvalue weighted by atomic mass is 10.0. The van der Waals surface area contributed by atoms with E-state index in [1.807, 2.05) is 32.0 Å². The molecule has 1 nitrogen and oxygen atoms in total. The number of rotatable bonds is 6. The van der Waals surface area contributed by atoms with Gasteiger partial charge in [0.05, 0.1) is 0 Å². The molecule has 0 saturated heterocycles. The predicted molar refractivity (Wildman–Crippen MR) is 72.2 cm³/mol. The second-order valence-electron chi connectivity index (χ2n) is 3.88. The Labute approximate surface area is 110 Å². The molecule has 0 aromatic heterocycles. The van der Waals surface area contributed by atoms with E-state index in [-0.39, 0.29) is 17.5 Å². The molecule has 0 atom stereocenters. The lowest BCUT2D eigenvalue weighted by Crippen LogP contribution is -2.11. The van der Waals surface area contributed by atoms with Crippen molar-refractivity contribution in [1.29, 1.82) is 0 Å². The first-order valence-electron chi connectivity index (χ1n) is 6.03. The summed E-state index contributed by atoms with van der Waals surface area (Å²) in [6.07, 6.45) is 1.76. The van der Waals surface area contributed by atoms with Gasteiger partial charge in [-0.3, -0.25) is 0 Å². The summed E-state index contributed by atoms with van der Waals surface area (Å²) in [5, 5.41) is 3.14. The van der Waals surface area contributed by atoms with Gasteiger partial charge in [0.25, 0.3) is 0 Å². The van der Waals surface area contributed by atoms with E-state index in [9.17, 15) is 13.2 Å². The quantitative estimate of drug-likeness (QED) is 0.770. The standard InChI is InChI=1S/C13H18F3NS/c1-3-10-6-5-7-11(4-2)12(10)17-8-9-18-13(14,15)16/h5-7,17H,3-4,8-9H2,1-2H3. The number of hydrogen-bond donors (Lipinski definition) is 1. The molecule has 1 N–H and O–H groups in total. The van der Waals surface area contributed by atoms with Gasteiger partial charge in [0, 0.05) is 18.0 Å². The molecule has 102 valence electrons. The summed E-state index contributed by atoms with van der Waals surface area (Å²) >= 11 is 0.0172. The van der Waals surface area contributed by atoms with E-state index in [0.29, 0.717) is 6.54 Å². The number of thioether (sulfide) groups is 1. The molecule has 18 heavy (non-hydrogen) atoms. The van der Waals surface area contributed by atoms with Gasteiger partial charge in [-0.15, -0.1) is 0 Å². The second-order valence-corrected chi connectivity index (χ2v) is 5.04. The van der Waals surface area contributed by atoms with Gasteiger partial charge in [0.1, 0.15) is 0 Å². The Morgan fingerprint density at radius 3 is 2.11 bits per heavy atom. The number of nitrogens with one attached hydrogen (secondary N) is 1. The lowest BCUT2D eigenvalue weighted by molar-refractivity contribution is -0.0327. The maximum atomic E-state index is 12.0. The van der Waals surface area contributed by atoms with Crippen molar-refractivity contribution in [3.8, 4) is 0 Å². The molecule has 1 rings (SSSR count). The van der Waals surface area contributed by atoms with Crippen molar-refractivity contribution in [3.63, 3.8) is 0 Å². The molecule has 0 unspecified atom stereocenters. The van der Waals surface area contributed by atoms with Gasteiger partial charge in [0.15, 0.2) is 0 Å². The van der Waals surface area contributed by atoms with E-state index in [0.717, 1.165) is 29.7 Å². The summed E-state index contributed by atoms with van der Waals surface area (Å²) in [6.45, 7) is 4.42. The Hall–Kier alpha value is -0.840. The van der Waals surface area contributed by atoms with Crippen LogP contribution in [0.1, 0.15) is 25.0 Å². The van der Waals surface area contributed by atoms with E-state index in [2.05, 4.69) is 5.32 Å². The predicted octanol–water partition coefficient (Wildman–Crippen LogP) is 4.48. The van der Waals surface area contributed by atoms with Crippen LogP contribution in [0.25, 0.3) is 0 Å². The van der Waals surface area contributed by atoms with Crippen molar-refractivity contribution in [2.45, 2.75) is 32.2 Å². The molecule has 0 aliphatic carbocycles. The van der Waals surface area contributed by atoms with Crippen LogP contribution in [0, 0.1) is 0 Å². The molecular formula is C13H18F3NS. The van der Waals surface area contributed by atoms with Gasteiger partial charge in [-0.25, -0.2) is 0 Å². The van der Waals surface area contributed by atoms with Crippen molar-refractivity contribution < 1.29 is 13.2 Å². The first-order valence-corrected chi connectivity index (χ1v) is 7.01. The third-order valence-corrected chi connectivity index (χ3v) is 3.40. The summed E-state index contributed by atoms with van der Waals surface area (Å²) < 4.78 is 36.0. The van der Waals surface area contributed by atoms with E-state index in [4.69, 9.17) is 0 Å². The zero-order valence-electron chi connectivity index (χ0n) is 10.6. The molecule has 0 amide bonds. The Kier molecular flexibility index (Phi) is 5.85. The zero-order valence-corrected chi connectivity index (χ0v) is 11.4. The van der Waals surface area contributed by atoms with Crippen LogP contribution in [0.5, 0.6) is 0 Å². The molecule has 0 heterocycles. The van der Waals surface area contributed by atoms with E-state index in [1.54, 1.807) is 0 Å². The van der Waals surface area contributed by atoms with Crippen molar-refractivity contribution in [1.82, 2.24) is 0 Å². The minimum atomic E-state index is -4.14. The second kappa shape index (κ2) is 6.92. The van der Waals surface area contributed by atoms with Crippen LogP contribution in [-0.2, 0) is 12.8 Å². The Morgan fingerprint density at radius 2 is 1.67 bits per heavy atom. The van der Waals surface area contributed by atoms with Crippen molar-refractivity contribution in [2.24, 2.45) is 0 Å². The lowest BCUT2D eigenvalue weighted by Gasteiger charge is -2.15. The Balaban J connectivity index is 2.60. The van der Waals surface area contributed by atoms with Gasteiger partial charge in [-0.2, -0.15) is 13.2 Å². The number of benzene rings is 1. The number of aryl methyl sites for hydroxylation is 2. The van der Waals surface area contributed by atoms with Gasteiger partial charge < -0.3 is 5.32 Å². The fourth-order valence-electron chi connectivity index (χ4n) is 1.81. The van der Waals surface area contributed by atoms with Crippen LogP contribution in [0.3, 0.4) is 0 Å². The summed E-state index contributed by atoms with van der Waals surface area (Å²) in [5.41, 5.74) is -0.817. The van der Waals surface area contributed by atoms with Crippen LogP contribution < -0.4 is 5.32 Å². The molecular weight excluding hydrogens is 259 g/mol. The molecule has 0 aliphatic heterocycles. The van der Waals surface area contributed by atoms with Crippen molar-refractivity contribution >= 4 is 17.4 Å². The van der Waals surface area contributed by atoms with E-state index >= 15 is 0 Å². The van der Waals surface area contributed by atoms with Crippen LogP contribution in [0.4, 0.5) is 18.9 Å². The SMILES string of the molecule is CCc1cccc(CC)c1NCCSC(F)(F)F. The largest absolute Gasteiger partial charge is 0.441 e. The normalized spacial score (nSPS) is 11.6. The fraction of sp³-hybridized carbons (Fsp3) is 0.538.